The molecule has 15 heavy (non-hydrogen) atoms. The summed E-state index contributed by atoms with van der Waals surface area (Å²) in [5.41, 5.74) is 0.814. The fourth-order valence-corrected chi connectivity index (χ4v) is 1.62. The van der Waals surface area contributed by atoms with Crippen LogP contribution in [-0.4, -0.2) is 28.5 Å². The third-order valence-corrected chi connectivity index (χ3v) is 2.56. The van der Waals surface area contributed by atoms with E-state index in [1.54, 1.807) is 0 Å². The quantitative estimate of drug-likeness (QED) is 0.659. The Balaban J connectivity index is 2.60. The number of aliphatic hydroxyl groups is 3. The van der Waals surface area contributed by atoms with Crippen molar-refractivity contribution in [1.29, 1.82) is 0 Å². The van der Waals surface area contributed by atoms with E-state index >= 15 is 0 Å². The molecule has 0 saturated carbocycles. The molecule has 0 fully saturated rings. The highest BCUT2D eigenvalue weighted by atomic mass is 16.3. The molecule has 0 radical (unpaired) electrons. The van der Waals surface area contributed by atoms with Crippen LogP contribution >= 0.6 is 0 Å². The molecule has 0 bridgehead atoms. The first-order chi connectivity index (χ1) is 7.29. The molecule has 0 aliphatic heterocycles. The third kappa shape index (κ3) is 3.63. The Morgan fingerprint density at radius 3 is 2.27 bits per heavy atom. The Bertz CT molecular complexity index is 261. The Morgan fingerprint density at radius 2 is 1.73 bits per heavy atom. The molecule has 0 saturated heterocycles. The highest BCUT2D eigenvalue weighted by Gasteiger charge is 2.19. The van der Waals surface area contributed by atoms with Crippen LogP contribution in [0, 0.1) is 5.92 Å². The van der Waals surface area contributed by atoms with Crippen LogP contribution in [0.25, 0.3) is 0 Å². The molecule has 3 heteroatoms. The first kappa shape index (κ1) is 12.2. The van der Waals surface area contributed by atoms with Crippen LogP contribution in [0.3, 0.4) is 0 Å². The summed E-state index contributed by atoms with van der Waals surface area (Å²) in [7, 11) is 0. The lowest BCUT2D eigenvalue weighted by Gasteiger charge is -2.20. The smallest absolute Gasteiger partial charge is 0.0840 e. The second kappa shape index (κ2) is 6.56. The van der Waals surface area contributed by atoms with E-state index in [0.29, 0.717) is 12.8 Å². The maximum absolute atomic E-state index is 9.97. The van der Waals surface area contributed by atoms with Gasteiger partial charge in [-0.15, -0.1) is 0 Å². The molecule has 0 unspecified atom stereocenters. The highest BCUT2D eigenvalue weighted by molar-refractivity contribution is 5.17. The maximum Gasteiger partial charge on any atom is 0.0840 e. The van der Waals surface area contributed by atoms with Crippen molar-refractivity contribution < 1.29 is 15.3 Å². The molecule has 3 nitrogen and oxygen atoms in total. The first-order valence-electron chi connectivity index (χ1n) is 5.24. The maximum atomic E-state index is 9.97. The van der Waals surface area contributed by atoms with E-state index in [-0.39, 0.29) is 19.1 Å². The van der Waals surface area contributed by atoms with Crippen molar-refractivity contribution in [2.75, 3.05) is 13.2 Å². The molecule has 0 aromatic heterocycles. The topological polar surface area (TPSA) is 60.7 Å². The zero-order chi connectivity index (χ0) is 11.1. The third-order valence-electron chi connectivity index (χ3n) is 2.56. The van der Waals surface area contributed by atoms with E-state index in [0.717, 1.165) is 5.56 Å². The zero-order valence-electron chi connectivity index (χ0n) is 8.71. The summed E-state index contributed by atoms with van der Waals surface area (Å²) in [4.78, 5) is 0. The molecule has 0 aliphatic carbocycles. The summed E-state index contributed by atoms with van der Waals surface area (Å²) in [5, 5.41) is 27.8. The SMILES string of the molecule is OCCC[C@@H](CO)[C@H](O)c1ccccc1. The van der Waals surface area contributed by atoms with Crippen molar-refractivity contribution in [2.24, 2.45) is 5.92 Å². The largest absolute Gasteiger partial charge is 0.396 e. The molecule has 84 valence electrons. The number of hydrogen-bond acceptors (Lipinski definition) is 3. The molecule has 0 amide bonds. The lowest BCUT2D eigenvalue weighted by Crippen LogP contribution is -2.17. The van der Waals surface area contributed by atoms with E-state index in [1.807, 2.05) is 30.3 Å². The predicted molar refractivity (Wildman–Crippen MR) is 58.3 cm³/mol. The van der Waals surface area contributed by atoms with Crippen LogP contribution in [0.4, 0.5) is 0 Å². The van der Waals surface area contributed by atoms with Gasteiger partial charge in [-0.3, -0.25) is 0 Å². The number of rotatable bonds is 6. The molecule has 1 rings (SSSR count). The van der Waals surface area contributed by atoms with Crippen LogP contribution in [0.1, 0.15) is 24.5 Å². The first-order valence-corrected chi connectivity index (χ1v) is 5.24. The van der Waals surface area contributed by atoms with Gasteiger partial charge in [-0.1, -0.05) is 30.3 Å². The fourth-order valence-electron chi connectivity index (χ4n) is 1.62. The second-order valence-electron chi connectivity index (χ2n) is 3.66. The Hall–Kier alpha value is -0.900. The van der Waals surface area contributed by atoms with E-state index in [4.69, 9.17) is 10.2 Å². The van der Waals surface area contributed by atoms with Gasteiger partial charge in [0.2, 0.25) is 0 Å². The molecule has 0 spiro atoms. The molecule has 2 atom stereocenters. The lowest BCUT2D eigenvalue weighted by atomic mass is 9.92. The van der Waals surface area contributed by atoms with Crippen molar-refractivity contribution in [1.82, 2.24) is 0 Å². The molecular weight excluding hydrogens is 192 g/mol. The molecule has 0 aliphatic rings. The second-order valence-corrected chi connectivity index (χ2v) is 3.66. The van der Waals surface area contributed by atoms with Crippen LogP contribution in [-0.2, 0) is 0 Å². The van der Waals surface area contributed by atoms with Crippen molar-refractivity contribution >= 4 is 0 Å². The van der Waals surface area contributed by atoms with Gasteiger partial charge >= 0.3 is 0 Å². The predicted octanol–water partition coefficient (Wildman–Crippen LogP) is 1.10. The van der Waals surface area contributed by atoms with Gasteiger partial charge in [0.25, 0.3) is 0 Å². The summed E-state index contributed by atoms with van der Waals surface area (Å²) in [6.45, 7) is 0.0358. The summed E-state index contributed by atoms with van der Waals surface area (Å²) >= 11 is 0. The van der Waals surface area contributed by atoms with E-state index < -0.39 is 6.10 Å². The van der Waals surface area contributed by atoms with Crippen LogP contribution in [0.15, 0.2) is 30.3 Å². The molecule has 1 aromatic carbocycles. The van der Waals surface area contributed by atoms with Crippen LogP contribution in [0.2, 0.25) is 0 Å². The van der Waals surface area contributed by atoms with E-state index in [1.165, 1.54) is 0 Å². The average Bonchev–Trinajstić information content (AvgIpc) is 2.31. The molecule has 3 N–H and O–H groups in total. The monoisotopic (exact) mass is 210 g/mol. The van der Waals surface area contributed by atoms with Gasteiger partial charge in [-0.2, -0.15) is 0 Å². The van der Waals surface area contributed by atoms with Crippen molar-refractivity contribution in [3.05, 3.63) is 35.9 Å². The zero-order valence-corrected chi connectivity index (χ0v) is 8.71. The lowest BCUT2D eigenvalue weighted by molar-refractivity contribution is 0.0577. The minimum Gasteiger partial charge on any atom is -0.396 e. The van der Waals surface area contributed by atoms with Crippen molar-refractivity contribution in [3.63, 3.8) is 0 Å². The normalized spacial score (nSPS) is 14.9. The van der Waals surface area contributed by atoms with E-state index in [2.05, 4.69) is 0 Å². The standard InChI is InChI=1S/C12H18O3/c13-8-4-7-11(9-14)12(15)10-5-2-1-3-6-10/h1-3,5-6,11-15H,4,7-9H2/t11-,12+/m0/s1. The van der Waals surface area contributed by atoms with E-state index in [9.17, 15) is 5.11 Å². The number of aliphatic hydroxyl groups excluding tert-OH is 3. The Kier molecular flexibility index (Phi) is 5.32. The van der Waals surface area contributed by atoms with Gasteiger partial charge < -0.3 is 15.3 Å². The Labute approximate surface area is 90.0 Å². The fraction of sp³-hybridized carbons (Fsp3) is 0.500. The van der Waals surface area contributed by atoms with Crippen molar-refractivity contribution in [3.8, 4) is 0 Å². The highest BCUT2D eigenvalue weighted by Crippen LogP contribution is 2.24. The summed E-state index contributed by atoms with van der Waals surface area (Å²) in [6.07, 6.45) is 0.584. The number of benzene rings is 1. The summed E-state index contributed by atoms with van der Waals surface area (Å²) in [6, 6.07) is 9.29. The molecular formula is C12H18O3. The molecule has 0 heterocycles. The van der Waals surface area contributed by atoms with Gasteiger partial charge in [-0.05, 0) is 18.4 Å². The summed E-state index contributed by atoms with van der Waals surface area (Å²) < 4.78 is 0. The van der Waals surface area contributed by atoms with Gasteiger partial charge in [0.1, 0.15) is 0 Å². The van der Waals surface area contributed by atoms with Gasteiger partial charge in [-0.25, -0.2) is 0 Å². The average molecular weight is 210 g/mol. The van der Waals surface area contributed by atoms with Crippen LogP contribution in [0.5, 0.6) is 0 Å². The Morgan fingerprint density at radius 1 is 1.07 bits per heavy atom. The summed E-state index contributed by atoms with van der Waals surface area (Å²) in [5.74, 6) is -0.195. The van der Waals surface area contributed by atoms with Crippen molar-refractivity contribution in [2.45, 2.75) is 18.9 Å². The number of hydrogen-bond donors (Lipinski definition) is 3. The molecule has 1 aromatic rings. The minimum absolute atomic E-state index is 0.0595. The van der Waals surface area contributed by atoms with Gasteiger partial charge in [0.05, 0.1) is 6.10 Å². The van der Waals surface area contributed by atoms with Gasteiger partial charge in [0, 0.05) is 19.1 Å². The minimum atomic E-state index is -0.650. The van der Waals surface area contributed by atoms with Gasteiger partial charge in [0.15, 0.2) is 0 Å². The van der Waals surface area contributed by atoms with Crippen LogP contribution < -0.4 is 0 Å².